The minimum absolute atomic E-state index is 0.0822. The summed E-state index contributed by atoms with van der Waals surface area (Å²) in [6, 6.07) is 1.24. The molecule has 27 heavy (non-hydrogen) atoms. The van der Waals surface area contributed by atoms with Crippen LogP contribution >= 0.6 is 11.3 Å². The summed E-state index contributed by atoms with van der Waals surface area (Å²) in [5, 5.41) is 3.43. The van der Waals surface area contributed by atoms with Crippen LogP contribution in [0.5, 0.6) is 0 Å². The summed E-state index contributed by atoms with van der Waals surface area (Å²) < 4.78 is 40.5. The molecular weight excluding hydrogens is 383 g/mol. The summed E-state index contributed by atoms with van der Waals surface area (Å²) in [6.45, 7) is 2.11. The van der Waals surface area contributed by atoms with E-state index in [2.05, 4.69) is 15.1 Å². The van der Waals surface area contributed by atoms with Crippen LogP contribution in [0.15, 0.2) is 10.9 Å². The van der Waals surface area contributed by atoms with Crippen LogP contribution in [-0.2, 0) is 26.2 Å². The van der Waals surface area contributed by atoms with Gasteiger partial charge in [0.2, 0.25) is 0 Å². The second kappa shape index (κ2) is 5.91. The summed E-state index contributed by atoms with van der Waals surface area (Å²) in [6.07, 6.45) is -4.24. The van der Waals surface area contributed by atoms with Gasteiger partial charge < -0.3 is 9.88 Å². The number of hydrogen-bond acceptors (Lipinski definition) is 5. The zero-order chi connectivity index (χ0) is 19.5. The van der Waals surface area contributed by atoms with Crippen molar-refractivity contribution in [1.82, 2.24) is 24.6 Å². The number of nitrogens with one attached hydrogen (secondary N) is 1. The van der Waals surface area contributed by atoms with Crippen molar-refractivity contribution >= 4 is 27.5 Å². The quantitative estimate of drug-likeness (QED) is 0.683. The molecule has 0 atom stereocenters. The van der Waals surface area contributed by atoms with E-state index in [0.717, 1.165) is 16.0 Å². The zero-order valence-electron chi connectivity index (χ0n) is 14.3. The van der Waals surface area contributed by atoms with Crippen LogP contribution in [0.1, 0.15) is 32.4 Å². The molecule has 0 saturated carbocycles. The van der Waals surface area contributed by atoms with Crippen molar-refractivity contribution in [2.75, 3.05) is 6.54 Å². The maximum atomic E-state index is 13.1. The molecule has 4 rings (SSSR count). The van der Waals surface area contributed by atoms with E-state index in [-0.39, 0.29) is 33.1 Å². The molecule has 142 valence electrons. The normalized spacial score (nSPS) is 14.6. The molecule has 0 bridgehead atoms. The number of nitrogens with zero attached hydrogens (tertiary/aromatic N) is 4. The topological polar surface area (TPSA) is 83.9 Å². The minimum atomic E-state index is -4.59. The molecule has 1 aliphatic heterocycles. The molecule has 0 radical (unpaired) electrons. The number of aromatic nitrogens is 4. The molecule has 1 amide bonds. The Kier molecular flexibility index (Phi) is 3.88. The number of H-pyrrole nitrogens is 1. The number of carbonyl (C=O) groups is 1. The van der Waals surface area contributed by atoms with Gasteiger partial charge in [-0.3, -0.25) is 14.3 Å². The number of amides is 1. The van der Waals surface area contributed by atoms with Crippen LogP contribution in [0.4, 0.5) is 13.2 Å². The first kappa shape index (κ1) is 17.7. The molecule has 0 spiro atoms. The van der Waals surface area contributed by atoms with E-state index in [1.165, 1.54) is 18.0 Å². The Balaban J connectivity index is 1.68. The highest BCUT2D eigenvalue weighted by Gasteiger charge is 2.38. The summed E-state index contributed by atoms with van der Waals surface area (Å²) in [4.78, 5) is 33.7. The Hall–Kier alpha value is -2.69. The predicted octanol–water partition coefficient (Wildman–Crippen LogP) is 2.24. The van der Waals surface area contributed by atoms with E-state index < -0.39 is 11.9 Å². The average molecular weight is 397 g/mol. The molecule has 0 aliphatic carbocycles. The minimum Gasteiger partial charge on any atom is -0.332 e. The third-order valence-electron chi connectivity index (χ3n) is 4.47. The molecule has 7 nitrogen and oxygen atoms in total. The van der Waals surface area contributed by atoms with Crippen LogP contribution in [0.2, 0.25) is 0 Å². The molecule has 1 N–H and O–H groups in total. The third kappa shape index (κ3) is 2.91. The highest BCUT2D eigenvalue weighted by molar-refractivity contribution is 7.20. The largest absolute Gasteiger partial charge is 0.435 e. The van der Waals surface area contributed by atoms with Crippen LogP contribution in [0, 0.1) is 6.92 Å². The number of rotatable bonds is 1. The molecule has 0 fully saturated rings. The van der Waals surface area contributed by atoms with Gasteiger partial charge in [-0.05, 0) is 19.4 Å². The standard InChI is InChI=1S/C16H14F3N5O2S/c1-7-20-10-6-24(4-3-8(10)13(25)21-7)14(26)11-5-9-12(16(17,18)19)22-23(2)15(9)27-11/h5H,3-4,6H2,1-2H3,(H,20,21,25). The van der Waals surface area contributed by atoms with E-state index in [1.807, 2.05) is 0 Å². The Labute approximate surface area is 154 Å². The maximum Gasteiger partial charge on any atom is 0.435 e. The van der Waals surface area contributed by atoms with E-state index >= 15 is 0 Å². The lowest BCUT2D eigenvalue weighted by Gasteiger charge is -2.27. The highest BCUT2D eigenvalue weighted by atomic mass is 32.1. The SMILES string of the molecule is Cc1nc2c(c(=O)[nH]1)CCN(C(=O)c1cc3c(C(F)(F)F)nn(C)c3s1)C2. The number of thiophene rings is 1. The van der Waals surface area contributed by atoms with Crippen molar-refractivity contribution in [2.24, 2.45) is 7.05 Å². The smallest absolute Gasteiger partial charge is 0.332 e. The lowest BCUT2D eigenvalue weighted by molar-refractivity contribution is -0.140. The monoisotopic (exact) mass is 397 g/mol. The van der Waals surface area contributed by atoms with Crippen molar-refractivity contribution in [1.29, 1.82) is 0 Å². The van der Waals surface area contributed by atoms with E-state index in [0.29, 0.717) is 30.0 Å². The average Bonchev–Trinajstić information content (AvgIpc) is 3.13. The number of aromatic amines is 1. The molecule has 0 aromatic carbocycles. The van der Waals surface area contributed by atoms with Gasteiger partial charge in [0.1, 0.15) is 10.7 Å². The summed E-state index contributed by atoms with van der Waals surface area (Å²) in [5.41, 5.74) is -0.144. The third-order valence-corrected chi connectivity index (χ3v) is 5.66. The molecule has 1 aliphatic rings. The molecule has 0 unspecified atom stereocenters. The fraction of sp³-hybridized carbons (Fsp3) is 0.375. The van der Waals surface area contributed by atoms with Gasteiger partial charge in [-0.15, -0.1) is 11.3 Å². The van der Waals surface area contributed by atoms with E-state index in [1.54, 1.807) is 6.92 Å². The van der Waals surface area contributed by atoms with Crippen molar-refractivity contribution in [3.8, 4) is 0 Å². The second-order valence-corrected chi connectivity index (χ2v) is 7.38. The van der Waals surface area contributed by atoms with Crippen LogP contribution in [0.25, 0.3) is 10.2 Å². The van der Waals surface area contributed by atoms with E-state index in [9.17, 15) is 22.8 Å². The van der Waals surface area contributed by atoms with Gasteiger partial charge in [0.15, 0.2) is 5.69 Å². The number of hydrogen-bond donors (Lipinski definition) is 1. The van der Waals surface area contributed by atoms with Crippen molar-refractivity contribution in [2.45, 2.75) is 26.1 Å². The molecular formula is C16H14F3N5O2S. The molecule has 0 saturated heterocycles. The number of alkyl halides is 3. The van der Waals surface area contributed by atoms with Gasteiger partial charge in [0, 0.05) is 24.5 Å². The molecule has 3 aromatic heterocycles. The second-order valence-electron chi connectivity index (χ2n) is 6.35. The lowest BCUT2D eigenvalue weighted by Crippen LogP contribution is -2.39. The van der Waals surface area contributed by atoms with Gasteiger partial charge >= 0.3 is 6.18 Å². The van der Waals surface area contributed by atoms with Gasteiger partial charge in [0.25, 0.3) is 11.5 Å². The Morgan fingerprint density at radius 1 is 1.37 bits per heavy atom. The first-order chi connectivity index (χ1) is 12.6. The van der Waals surface area contributed by atoms with Gasteiger partial charge in [-0.25, -0.2) is 4.98 Å². The highest BCUT2D eigenvalue weighted by Crippen LogP contribution is 2.37. The van der Waals surface area contributed by atoms with Gasteiger partial charge in [-0.2, -0.15) is 18.3 Å². The van der Waals surface area contributed by atoms with Gasteiger partial charge in [-0.1, -0.05) is 0 Å². The van der Waals surface area contributed by atoms with Crippen molar-refractivity contribution < 1.29 is 18.0 Å². The zero-order valence-corrected chi connectivity index (χ0v) is 15.2. The first-order valence-electron chi connectivity index (χ1n) is 8.07. The maximum absolute atomic E-state index is 13.1. The Morgan fingerprint density at radius 3 is 2.81 bits per heavy atom. The first-order valence-corrected chi connectivity index (χ1v) is 8.88. The Bertz CT molecular complexity index is 1130. The molecule has 4 heterocycles. The number of halogens is 3. The van der Waals surface area contributed by atoms with Crippen LogP contribution < -0.4 is 5.56 Å². The Morgan fingerprint density at radius 2 is 2.11 bits per heavy atom. The summed E-state index contributed by atoms with van der Waals surface area (Å²) >= 11 is 0.971. The fourth-order valence-electron chi connectivity index (χ4n) is 3.25. The number of fused-ring (bicyclic) bond motifs is 2. The van der Waals surface area contributed by atoms with Crippen molar-refractivity contribution in [3.63, 3.8) is 0 Å². The summed E-state index contributed by atoms with van der Waals surface area (Å²) in [5.74, 6) is 0.0745. The number of carbonyl (C=O) groups excluding carboxylic acids is 1. The lowest BCUT2D eigenvalue weighted by atomic mass is 10.1. The molecule has 3 aromatic rings. The van der Waals surface area contributed by atoms with Crippen LogP contribution in [-0.4, -0.2) is 37.1 Å². The predicted molar refractivity (Wildman–Crippen MR) is 91.6 cm³/mol. The number of aryl methyl sites for hydroxylation is 2. The fourth-order valence-corrected chi connectivity index (χ4v) is 4.29. The van der Waals surface area contributed by atoms with Gasteiger partial charge in [0.05, 0.1) is 17.1 Å². The summed E-state index contributed by atoms with van der Waals surface area (Å²) in [7, 11) is 1.42. The van der Waals surface area contributed by atoms with E-state index in [4.69, 9.17) is 0 Å². The van der Waals surface area contributed by atoms with Crippen LogP contribution in [0.3, 0.4) is 0 Å². The molecule has 11 heteroatoms. The van der Waals surface area contributed by atoms with Crippen molar-refractivity contribution in [3.05, 3.63) is 44.1 Å².